The number of hydrogen-bond acceptors (Lipinski definition) is 2. The van der Waals surface area contributed by atoms with Crippen LogP contribution in [0.1, 0.15) is 15.9 Å². The van der Waals surface area contributed by atoms with E-state index in [0.717, 1.165) is 5.56 Å². The zero-order valence-corrected chi connectivity index (χ0v) is 7.35. The predicted molar refractivity (Wildman–Crippen MR) is 49.1 cm³/mol. The van der Waals surface area contributed by atoms with Crippen molar-refractivity contribution in [1.29, 1.82) is 0 Å². The summed E-state index contributed by atoms with van der Waals surface area (Å²) in [4.78, 5) is 10.8. The molecule has 0 saturated heterocycles. The number of carbonyl (C=O) groups excluding carboxylic acids is 1. The second-order valence-electron chi connectivity index (χ2n) is 2.55. The topological polar surface area (TPSA) is 69.1 Å². The smallest absolute Gasteiger partial charge is 0.249 e. The van der Waals surface area contributed by atoms with Crippen molar-refractivity contribution in [1.82, 2.24) is 0 Å². The normalized spacial score (nSPS) is 9.83. The Balaban J connectivity index is 3.33. The first-order valence-corrected chi connectivity index (χ1v) is 3.75. The van der Waals surface area contributed by atoms with E-state index in [-0.39, 0.29) is 0 Å². The van der Waals surface area contributed by atoms with Gasteiger partial charge in [0.25, 0.3) is 0 Å². The lowest BCUT2D eigenvalue weighted by Gasteiger charge is -2.04. The molecule has 1 aromatic carbocycles. The van der Waals surface area contributed by atoms with Crippen LogP contribution in [0.15, 0.2) is 12.1 Å². The minimum atomic E-state index is -0.491. The number of rotatable bonds is 1. The Hall–Kier alpha value is -1.22. The quantitative estimate of drug-likeness (QED) is 0.647. The van der Waals surface area contributed by atoms with Gasteiger partial charge in [-0.3, -0.25) is 4.79 Å². The molecule has 1 rings (SSSR count). The number of benzene rings is 1. The molecule has 0 atom stereocenters. The second kappa shape index (κ2) is 3.03. The molecule has 0 heterocycles. The first-order chi connectivity index (χ1) is 5.52. The predicted octanol–water partition coefficient (Wildman–Crippen LogP) is 1.33. The number of carbonyl (C=O) groups is 1. The van der Waals surface area contributed by atoms with Gasteiger partial charge in [0, 0.05) is 5.56 Å². The fraction of sp³-hybridized carbons (Fsp3) is 0.125. The van der Waals surface area contributed by atoms with E-state index in [2.05, 4.69) is 0 Å². The number of halogens is 1. The van der Waals surface area contributed by atoms with Gasteiger partial charge in [0.1, 0.15) is 0 Å². The molecule has 0 aliphatic rings. The number of hydrogen-bond donors (Lipinski definition) is 2. The van der Waals surface area contributed by atoms with Crippen LogP contribution in [0.25, 0.3) is 0 Å². The van der Waals surface area contributed by atoms with Gasteiger partial charge >= 0.3 is 0 Å². The van der Waals surface area contributed by atoms with Crippen LogP contribution in [0.4, 0.5) is 5.69 Å². The molecule has 4 heteroatoms. The monoisotopic (exact) mass is 184 g/mol. The summed E-state index contributed by atoms with van der Waals surface area (Å²) in [7, 11) is 0. The number of nitrogens with two attached hydrogens (primary N) is 2. The van der Waals surface area contributed by atoms with Gasteiger partial charge < -0.3 is 11.5 Å². The number of aryl methyl sites for hydroxylation is 1. The Morgan fingerprint density at radius 3 is 2.58 bits per heavy atom. The SMILES string of the molecule is Cc1cc(N)c(Cl)cc1C(N)=O. The van der Waals surface area contributed by atoms with E-state index < -0.39 is 5.91 Å². The fourth-order valence-electron chi connectivity index (χ4n) is 0.969. The van der Waals surface area contributed by atoms with E-state index in [1.165, 1.54) is 6.07 Å². The zero-order chi connectivity index (χ0) is 9.30. The van der Waals surface area contributed by atoms with Gasteiger partial charge in [-0.2, -0.15) is 0 Å². The van der Waals surface area contributed by atoms with Crippen molar-refractivity contribution in [2.24, 2.45) is 5.73 Å². The van der Waals surface area contributed by atoms with Crippen LogP contribution in [0, 0.1) is 6.92 Å². The summed E-state index contributed by atoms with van der Waals surface area (Å²) in [5.74, 6) is -0.491. The highest BCUT2D eigenvalue weighted by molar-refractivity contribution is 6.33. The summed E-state index contributed by atoms with van der Waals surface area (Å²) < 4.78 is 0. The average molecular weight is 185 g/mol. The van der Waals surface area contributed by atoms with Gasteiger partial charge in [-0.15, -0.1) is 0 Å². The Labute approximate surface area is 75.3 Å². The third-order valence-corrected chi connectivity index (χ3v) is 1.94. The molecular formula is C8H9ClN2O. The highest BCUT2D eigenvalue weighted by Gasteiger charge is 2.07. The number of anilines is 1. The van der Waals surface area contributed by atoms with Crippen molar-refractivity contribution < 1.29 is 4.79 Å². The van der Waals surface area contributed by atoms with Gasteiger partial charge in [-0.05, 0) is 24.6 Å². The molecular weight excluding hydrogens is 176 g/mol. The van der Waals surface area contributed by atoms with Crippen LogP contribution in [0.2, 0.25) is 5.02 Å². The molecule has 0 saturated carbocycles. The zero-order valence-electron chi connectivity index (χ0n) is 6.60. The van der Waals surface area contributed by atoms with Crippen molar-refractivity contribution in [3.63, 3.8) is 0 Å². The van der Waals surface area contributed by atoms with Crippen molar-refractivity contribution in [2.45, 2.75) is 6.92 Å². The van der Waals surface area contributed by atoms with Crippen LogP contribution >= 0.6 is 11.6 Å². The molecule has 4 N–H and O–H groups in total. The molecule has 0 aliphatic heterocycles. The van der Waals surface area contributed by atoms with Crippen LogP contribution in [0.3, 0.4) is 0 Å². The Kier molecular flexibility index (Phi) is 2.24. The molecule has 0 spiro atoms. The van der Waals surface area contributed by atoms with Crippen LogP contribution < -0.4 is 11.5 Å². The van der Waals surface area contributed by atoms with E-state index >= 15 is 0 Å². The largest absolute Gasteiger partial charge is 0.398 e. The molecule has 1 amide bonds. The van der Waals surface area contributed by atoms with Crippen LogP contribution in [0.5, 0.6) is 0 Å². The highest BCUT2D eigenvalue weighted by Crippen LogP contribution is 2.22. The van der Waals surface area contributed by atoms with Gasteiger partial charge in [0.2, 0.25) is 5.91 Å². The van der Waals surface area contributed by atoms with Gasteiger partial charge in [0.05, 0.1) is 10.7 Å². The molecule has 3 nitrogen and oxygen atoms in total. The van der Waals surface area contributed by atoms with E-state index in [0.29, 0.717) is 16.3 Å². The van der Waals surface area contributed by atoms with E-state index in [1.807, 2.05) is 0 Å². The molecule has 1 aromatic rings. The second-order valence-corrected chi connectivity index (χ2v) is 2.96. The molecule has 0 fully saturated rings. The first kappa shape index (κ1) is 8.87. The van der Waals surface area contributed by atoms with Crippen molar-refractivity contribution >= 4 is 23.2 Å². The standard InChI is InChI=1S/C8H9ClN2O/c1-4-2-7(10)6(9)3-5(4)8(11)12/h2-3H,10H2,1H3,(H2,11,12). The molecule has 0 radical (unpaired) electrons. The summed E-state index contributed by atoms with van der Waals surface area (Å²) in [6.45, 7) is 1.76. The van der Waals surface area contributed by atoms with Gasteiger partial charge in [-0.1, -0.05) is 11.6 Å². The number of primary amides is 1. The lowest BCUT2D eigenvalue weighted by atomic mass is 10.1. The molecule has 64 valence electrons. The van der Waals surface area contributed by atoms with Crippen molar-refractivity contribution in [2.75, 3.05) is 5.73 Å². The van der Waals surface area contributed by atoms with Crippen molar-refractivity contribution in [3.8, 4) is 0 Å². The van der Waals surface area contributed by atoms with Crippen LogP contribution in [-0.4, -0.2) is 5.91 Å². The Morgan fingerprint density at radius 1 is 1.50 bits per heavy atom. The summed E-state index contributed by atoms with van der Waals surface area (Å²) in [5, 5.41) is 0.356. The number of amides is 1. The fourth-order valence-corrected chi connectivity index (χ4v) is 1.13. The minimum Gasteiger partial charge on any atom is -0.398 e. The number of nitrogen functional groups attached to an aromatic ring is 1. The molecule has 0 aliphatic carbocycles. The third-order valence-electron chi connectivity index (χ3n) is 1.61. The molecule has 12 heavy (non-hydrogen) atoms. The maximum atomic E-state index is 10.8. The molecule has 0 bridgehead atoms. The van der Waals surface area contributed by atoms with E-state index in [1.54, 1.807) is 13.0 Å². The van der Waals surface area contributed by atoms with Crippen LogP contribution in [-0.2, 0) is 0 Å². The summed E-state index contributed by atoms with van der Waals surface area (Å²) in [5.41, 5.74) is 12.2. The highest BCUT2D eigenvalue weighted by atomic mass is 35.5. The lowest BCUT2D eigenvalue weighted by Crippen LogP contribution is -2.12. The summed E-state index contributed by atoms with van der Waals surface area (Å²) in [6, 6.07) is 3.11. The van der Waals surface area contributed by atoms with Gasteiger partial charge in [0.15, 0.2) is 0 Å². The Morgan fingerprint density at radius 2 is 2.08 bits per heavy atom. The first-order valence-electron chi connectivity index (χ1n) is 3.38. The maximum absolute atomic E-state index is 10.8. The van der Waals surface area contributed by atoms with Crippen molar-refractivity contribution in [3.05, 3.63) is 28.3 Å². The molecule has 0 aromatic heterocycles. The summed E-state index contributed by atoms with van der Waals surface area (Å²) in [6.07, 6.45) is 0. The van der Waals surface area contributed by atoms with E-state index in [4.69, 9.17) is 23.1 Å². The maximum Gasteiger partial charge on any atom is 0.249 e. The molecule has 0 unspecified atom stereocenters. The lowest BCUT2D eigenvalue weighted by molar-refractivity contribution is 0.1000. The van der Waals surface area contributed by atoms with E-state index in [9.17, 15) is 4.79 Å². The minimum absolute atomic E-state index is 0.356. The van der Waals surface area contributed by atoms with Gasteiger partial charge in [-0.25, -0.2) is 0 Å². The summed E-state index contributed by atoms with van der Waals surface area (Å²) >= 11 is 5.70. The third kappa shape index (κ3) is 1.51. The average Bonchev–Trinajstić information content (AvgIpc) is 1.96. The Bertz CT molecular complexity index is 336.